The van der Waals surface area contributed by atoms with E-state index in [4.69, 9.17) is 11.6 Å². The Hall–Kier alpha value is -2.20. The summed E-state index contributed by atoms with van der Waals surface area (Å²) >= 11 is 5.76. The molecule has 1 amide bonds. The molecule has 0 saturated carbocycles. The van der Waals surface area contributed by atoms with Crippen molar-refractivity contribution in [1.29, 1.82) is 0 Å². The summed E-state index contributed by atoms with van der Waals surface area (Å²) in [4.78, 5) is 15.8. The molecule has 1 aliphatic rings. The lowest BCUT2D eigenvalue weighted by Gasteiger charge is -2.34. The van der Waals surface area contributed by atoms with Gasteiger partial charge in [-0.25, -0.2) is 8.78 Å². The van der Waals surface area contributed by atoms with Crippen LogP contribution in [0.4, 0.5) is 22.0 Å². The second-order valence-electron chi connectivity index (χ2n) is 6.41. The number of carbonyl (C=O) groups excluding carboxylic acids is 1. The maximum absolute atomic E-state index is 13.8. The molecule has 2 aromatic rings. The van der Waals surface area contributed by atoms with Gasteiger partial charge in [-0.15, -0.1) is 0 Å². The zero-order valence-corrected chi connectivity index (χ0v) is 15.5. The highest BCUT2D eigenvalue weighted by Crippen LogP contribution is 2.35. The molecule has 1 aliphatic heterocycles. The Balaban J connectivity index is 1.68. The number of piperazine rings is 1. The topological polar surface area (TPSA) is 41.4 Å². The van der Waals surface area contributed by atoms with Crippen LogP contribution >= 0.6 is 11.6 Å². The maximum Gasteiger partial charge on any atom is 0.436 e. The van der Waals surface area contributed by atoms with Crippen molar-refractivity contribution in [1.82, 2.24) is 19.6 Å². The normalized spacial score (nSPS) is 15.9. The zero-order chi connectivity index (χ0) is 20.6. The van der Waals surface area contributed by atoms with Gasteiger partial charge in [0, 0.05) is 45.3 Å². The van der Waals surface area contributed by atoms with Gasteiger partial charge in [-0.3, -0.25) is 14.4 Å². The van der Waals surface area contributed by atoms with Crippen LogP contribution in [0.2, 0.25) is 5.02 Å². The fraction of sp³-hybridized carbons (Fsp3) is 0.412. The van der Waals surface area contributed by atoms with Crippen molar-refractivity contribution in [2.45, 2.75) is 12.7 Å². The molecule has 1 aromatic heterocycles. The van der Waals surface area contributed by atoms with Crippen LogP contribution in [0.3, 0.4) is 0 Å². The molecule has 0 N–H and O–H groups in total. The Morgan fingerprint density at radius 1 is 1.18 bits per heavy atom. The van der Waals surface area contributed by atoms with Crippen LogP contribution in [0.25, 0.3) is 0 Å². The molecule has 11 heteroatoms. The average molecular weight is 423 g/mol. The lowest BCUT2D eigenvalue weighted by molar-refractivity contribution is -0.141. The summed E-state index contributed by atoms with van der Waals surface area (Å²) in [5.41, 5.74) is -1.44. The SMILES string of the molecule is Cn1nc(C(F)(F)F)c(Cl)c1C(=O)N1CCN(Cc2cccc(F)c2F)CC1. The molecule has 1 fully saturated rings. The fourth-order valence-corrected chi connectivity index (χ4v) is 3.43. The second-order valence-corrected chi connectivity index (χ2v) is 6.79. The highest BCUT2D eigenvalue weighted by atomic mass is 35.5. The Kier molecular flexibility index (Phi) is 5.62. The van der Waals surface area contributed by atoms with Crippen LogP contribution in [0.1, 0.15) is 21.7 Å². The Morgan fingerprint density at radius 3 is 2.39 bits per heavy atom. The first-order valence-electron chi connectivity index (χ1n) is 8.33. The van der Waals surface area contributed by atoms with Gasteiger partial charge in [0.25, 0.3) is 5.91 Å². The molecular formula is C17H16ClF5N4O. The van der Waals surface area contributed by atoms with Gasteiger partial charge in [0.1, 0.15) is 10.7 Å². The Morgan fingerprint density at radius 2 is 1.82 bits per heavy atom. The van der Waals surface area contributed by atoms with Gasteiger partial charge in [0.05, 0.1) is 0 Å². The molecule has 0 spiro atoms. The molecule has 2 heterocycles. The highest BCUT2D eigenvalue weighted by Gasteiger charge is 2.40. The first-order chi connectivity index (χ1) is 13.1. The number of hydrogen-bond donors (Lipinski definition) is 0. The van der Waals surface area contributed by atoms with Crippen LogP contribution in [-0.4, -0.2) is 51.7 Å². The largest absolute Gasteiger partial charge is 0.436 e. The monoisotopic (exact) mass is 422 g/mol. The lowest BCUT2D eigenvalue weighted by Crippen LogP contribution is -2.48. The number of aryl methyl sites for hydroxylation is 1. The number of carbonyl (C=O) groups is 1. The molecule has 0 atom stereocenters. The second kappa shape index (κ2) is 7.67. The summed E-state index contributed by atoms with van der Waals surface area (Å²) in [6.45, 7) is 1.28. The zero-order valence-electron chi connectivity index (χ0n) is 14.7. The average Bonchev–Trinajstić information content (AvgIpc) is 2.94. The third-order valence-electron chi connectivity index (χ3n) is 4.55. The number of amides is 1. The van der Waals surface area contributed by atoms with Gasteiger partial charge in [0.2, 0.25) is 0 Å². The van der Waals surface area contributed by atoms with Gasteiger partial charge in [-0.05, 0) is 6.07 Å². The molecule has 5 nitrogen and oxygen atoms in total. The summed E-state index contributed by atoms with van der Waals surface area (Å²) in [6.07, 6.45) is -4.76. The summed E-state index contributed by atoms with van der Waals surface area (Å²) in [5.74, 6) is -2.51. The number of alkyl halides is 3. The van der Waals surface area contributed by atoms with Gasteiger partial charge >= 0.3 is 6.18 Å². The molecule has 3 rings (SSSR count). The van der Waals surface area contributed by atoms with Crippen molar-refractivity contribution in [2.75, 3.05) is 26.2 Å². The number of nitrogens with zero attached hydrogens (tertiary/aromatic N) is 4. The third kappa shape index (κ3) is 3.97. The third-order valence-corrected chi connectivity index (χ3v) is 4.90. The van der Waals surface area contributed by atoms with Gasteiger partial charge in [0.15, 0.2) is 17.3 Å². The lowest BCUT2D eigenvalue weighted by atomic mass is 10.1. The van der Waals surface area contributed by atoms with Crippen molar-refractivity contribution in [3.8, 4) is 0 Å². The molecule has 0 unspecified atom stereocenters. The molecule has 152 valence electrons. The van der Waals surface area contributed by atoms with Gasteiger partial charge < -0.3 is 4.90 Å². The molecule has 1 aromatic carbocycles. The van der Waals surface area contributed by atoms with E-state index in [1.807, 2.05) is 4.90 Å². The van der Waals surface area contributed by atoms with E-state index in [1.54, 1.807) is 0 Å². The Bertz CT molecular complexity index is 890. The van der Waals surface area contributed by atoms with E-state index < -0.39 is 34.4 Å². The first-order valence-corrected chi connectivity index (χ1v) is 8.71. The number of hydrogen-bond acceptors (Lipinski definition) is 3. The summed E-state index contributed by atoms with van der Waals surface area (Å²) < 4.78 is 66.7. The number of halogens is 6. The number of rotatable bonds is 3. The predicted octanol–water partition coefficient (Wildman–Crippen LogP) is 3.33. The summed E-state index contributed by atoms with van der Waals surface area (Å²) in [6, 6.07) is 3.92. The fourth-order valence-electron chi connectivity index (χ4n) is 3.08. The van der Waals surface area contributed by atoms with Crippen molar-refractivity contribution in [3.05, 3.63) is 51.8 Å². The van der Waals surface area contributed by atoms with Crippen LogP contribution in [0, 0.1) is 11.6 Å². The molecule has 28 heavy (non-hydrogen) atoms. The van der Waals surface area contributed by atoms with Crippen LogP contribution in [0.15, 0.2) is 18.2 Å². The first kappa shape index (κ1) is 20.5. The van der Waals surface area contributed by atoms with E-state index >= 15 is 0 Å². The van der Waals surface area contributed by atoms with E-state index in [0.717, 1.165) is 10.7 Å². The van der Waals surface area contributed by atoms with Crippen molar-refractivity contribution < 1.29 is 26.7 Å². The summed E-state index contributed by atoms with van der Waals surface area (Å²) in [7, 11) is 1.22. The molecule has 0 aliphatic carbocycles. The molecule has 0 bridgehead atoms. The van der Waals surface area contributed by atoms with E-state index in [9.17, 15) is 26.7 Å². The van der Waals surface area contributed by atoms with Crippen LogP contribution < -0.4 is 0 Å². The van der Waals surface area contributed by atoms with Crippen LogP contribution in [0.5, 0.6) is 0 Å². The van der Waals surface area contributed by atoms with E-state index in [0.29, 0.717) is 13.1 Å². The summed E-state index contributed by atoms with van der Waals surface area (Å²) in [5, 5.41) is 2.58. The standard InChI is InChI=1S/C17H16ClF5N4O/c1-25-14(12(18)15(24-25)17(21,22)23)16(28)27-7-5-26(6-8-27)9-10-3-2-4-11(19)13(10)20/h2-4H,5-9H2,1H3. The van der Waals surface area contributed by atoms with E-state index in [2.05, 4.69) is 5.10 Å². The molecular weight excluding hydrogens is 407 g/mol. The van der Waals surface area contributed by atoms with Crippen molar-refractivity contribution in [3.63, 3.8) is 0 Å². The number of aromatic nitrogens is 2. The smallest absolute Gasteiger partial charge is 0.335 e. The quantitative estimate of drug-likeness (QED) is 0.713. The van der Waals surface area contributed by atoms with Gasteiger partial charge in [-0.1, -0.05) is 23.7 Å². The predicted molar refractivity (Wildman–Crippen MR) is 90.8 cm³/mol. The molecule has 0 radical (unpaired) electrons. The minimum atomic E-state index is -4.76. The minimum absolute atomic E-state index is 0.163. The van der Waals surface area contributed by atoms with Crippen molar-refractivity contribution >= 4 is 17.5 Å². The van der Waals surface area contributed by atoms with Crippen molar-refractivity contribution in [2.24, 2.45) is 7.05 Å². The van der Waals surface area contributed by atoms with Crippen LogP contribution in [-0.2, 0) is 19.8 Å². The number of benzene rings is 1. The van der Waals surface area contributed by atoms with Gasteiger partial charge in [-0.2, -0.15) is 18.3 Å². The Labute approximate surface area is 162 Å². The van der Waals surface area contributed by atoms with E-state index in [1.165, 1.54) is 24.1 Å². The molecule has 1 saturated heterocycles. The highest BCUT2D eigenvalue weighted by molar-refractivity contribution is 6.34. The minimum Gasteiger partial charge on any atom is -0.335 e. The van der Waals surface area contributed by atoms with E-state index in [-0.39, 0.29) is 30.9 Å². The maximum atomic E-state index is 13.8.